The second kappa shape index (κ2) is 5.07. The highest BCUT2D eigenvalue weighted by molar-refractivity contribution is 7.91. The number of nitrogens with zero attached hydrogens (tertiary/aromatic N) is 3. The maximum atomic E-state index is 12.6. The molecule has 0 saturated carbocycles. The normalized spacial score (nSPS) is 16.1. The average molecular weight is 330 g/mol. The number of aryl methyl sites for hydroxylation is 1. The van der Waals surface area contributed by atoms with Crippen molar-refractivity contribution in [2.24, 2.45) is 0 Å². The first kappa shape index (κ1) is 13.9. The molecule has 5 nitrogen and oxygen atoms in total. The van der Waals surface area contributed by atoms with Crippen molar-refractivity contribution in [1.29, 1.82) is 0 Å². The zero-order chi connectivity index (χ0) is 14.3. The van der Waals surface area contributed by atoms with Crippen LogP contribution in [0, 0.1) is 6.92 Å². The van der Waals surface area contributed by atoms with Crippen molar-refractivity contribution in [1.82, 2.24) is 14.3 Å². The lowest BCUT2D eigenvalue weighted by molar-refractivity contribution is 0.388. The van der Waals surface area contributed by atoms with Crippen LogP contribution in [0.15, 0.2) is 22.5 Å². The first-order valence-corrected chi connectivity index (χ1v) is 8.68. The standard InChI is InChI=1S/C12H12ClN3O2S2/c1-8-11(19-12(13)15-8)20(17,18)16-6-4-10-9(7-16)3-2-5-14-10/h2-3,5H,4,6-7H2,1H3. The van der Waals surface area contributed by atoms with Crippen LogP contribution in [0.25, 0.3) is 0 Å². The minimum Gasteiger partial charge on any atom is -0.261 e. The quantitative estimate of drug-likeness (QED) is 0.847. The van der Waals surface area contributed by atoms with E-state index < -0.39 is 10.0 Å². The van der Waals surface area contributed by atoms with Crippen LogP contribution in [0.5, 0.6) is 0 Å². The van der Waals surface area contributed by atoms with Crippen LogP contribution in [0.1, 0.15) is 17.0 Å². The van der Waals surface area contributed by atoms with Gasteiger partial charge >= 0.3 is 0 Å². The number of sulfonamides is 1. The Labute approximate surface area is 126 Å². The fraction of sp³-hybridized carbons (Fsp3) is 0.333. The van der Waals surface area contributed by atoms with E-state index in [4.69, 9.17) is 11.6 Å². The molecular weight excluding hydrogens is 318 g/mol. The molecule has 0 saturated heterocycles. The number of halogens is 1. The Morgan fingerprint density at radius 1 is 1.45 bits per heavy atom. The summed E-state index contributed by atoms with van der Waals surface area (Å²) in [6.45, 7) is 2.44. The predicted molar refractivity (Wildman–Crippen MR) is 77.4 cm³/mol. The first-order chi connectivity index (χ1) is 9.48. The summed E-state index contributed by atoms with van der Waals surface area (Å²) in [5.74, 6) is 0. The van der Waals surface area contributed by atoms with Gasteiger partial charge in [0, 0.05) is 31.4 Å². The van der Waals surface area contributed by atoms with Crippen LogP contribution in [-0.2, 0) is 23.0 Å². The number of fused-ring (bicyclic) bond motifs is 1. The Hall–Kier alpha value is -1.02. The number of aromatic nitrogens is 2. The van der Waals surface area contributed by atoms with Crippen molar-refractivity contribution in [2.75, 3.05) is 6.54 Å². The van der Waals surface area contributed by atoms with Crippen molar-refractivity contribution >= 4 is 33.0 Å². The SMILES string of the molecule is Cc1nc(Cl)sc1S(=O)(=O)N1CCc2ncccc2C1. The van der Waals surface area contributed by atoms with Crippen LogP contribution in [-0.4, -0.2) is 29.2 Å². The molecule has 0 amide bonds. The Morgan fingerprint density at radius 3 is 2.95 bits per heavy atom. The van der Waals surface area contributed by atoms with Crippen LogP contribution in [0.4, 0.5) is 0 Å². The molecule has 3 heterocycles. The summed E-state index contributed by atoms with van der Waals surface area (Å²) >= 11 is 6.81. The second-order valence-electron chi connectivity index (χ2n) is 4.54. The molecule has 0 aromatic carbocycles. The van der Waals surface area contributed by atoms with Gasteiger partial charge in [-0.3, -0.25) is 4.98 Å². The fourth-order valence-corrected chi connectivity index (χ4v) is 5.55. The lowest BCUT2D eigenvalue weighted by Gasteiger charge is -2.26. The van der Waals surface area contributed by atoms with Gasteiger partial charge in [0.25, 0.3) is 10.0 Å². The van der Waals surface area contributed by atoms with Gasteiger partial charge in [0.1, 0.15) is 0 Å². The summed E-state index contributed by atoms with van der Waals surface area (Å²) in [4.78, 5) is 8.26. The number of rotatable bonds is 2. The molecule has 0 bridgehead atoms. The third kappa shape index (κ3) is 2.35. The van der Waals surface area contributed by atoms with E-state index in [-0.39, 0.29) is 8.68 Å². The summed E-state index contributed by atoms with van der Waals surface area (Å²) < 4.78 is 27.2. The van der Waals surface area contributed by atoms with E-state index in [0.717, 1.165) is 22.6 Å². The van der Waals surface area contributed by atoms with E-state index in [0.29, 0.717) is 25.2 Å². The van der Waals surface area contributed by atoms with Crippen LogP contribution >= 0.6 is 22.9 Å². The number of hydrogen-bond donors (Lipinski definition) is 0. The Balaban J connectivity index is 1.96. The largest absolute Gasteiger partial charge is 0.261 e. The Morgan fingerprint density at radius 2 is 2.25 bits per heavy atom. The van der Waals surface area contributed by atoms with Gasteiger partial charge in [0.15, 0.2) is 8.68 Å². The molecule has 2 aromatic heterocycles. The summed E-state index contributed by atoms with van der Waals surface area (Å²) in [5.41, 5.74) is 2.38. The lowest BCUT2D eigenvalue weighted by Crippen LogP contribution is -2.36. The highest BCUT2D eigenvalue weighted by Crippen LogP contribution is 2.31. The molecule has 0 radical (unpaired) electrons. The van der Waals surface area contributed by atoms with Gasteiger partial charge in [-0.25, -0.2) is 13.4 Å². The molecule has 106 valence electrons. The molecule has 0 spiro atoms. The number of thiazole rings is 1. The van der Waals surface area contributed by atoms with Crippen LogP contribution < -0.4 is 0 Å². The zero-order valence-electron chi connectivity index (χ0n) is 10.7. The van der Waals surface area contributed by atoms with Gasteiger partial charge in [-0.15, -0.1) is 0 Å². The van der Waals surface area contributed by atoms with Gasteiger partial charge in [0.2, 0.25) is 0 Å². The Kier molecular flexibility index (Phi) is 3.53. The van der Waals surface area contributed by atoms with E-state index in [1.807, 2.05) is 12.1 Å². The fourth-order valence-electron chi connectivity index (χ4n) is 2.25. The van der Waals surface area contributed by atoms with E-state index in [2.05, 4.69) is 9.97 Å². The van der Waals surface area contributed by atoms with Gasteiger partial charge < -0.3 is 0 Å². The van der Waals surface area contributed by atoms with Gasteiger partial charge in [0.05, 0.1) is 5.69 Å². The third-order valence-electron chi connectivity index (χ3n) is 3.23. The van der Waals surface area contributed by atoms with Crippen molar-refractivity contribution < 1.29 is 8.42 Å². The molecule has 20 heavy (non-hydrogen) atoms. The first-order valence-electron chi connectivity index (χ1n) is 6.04. The van der Waals surface area contributed by atoms with Gasteiger partial charge in [-0.05, 0) is 18.6 Å². The lowest BCUT2D eigenvalue weighted by atomic mass is 10.1. The summed E-state index contributed by atoms with van der Waals surface area (Å²) in [5, 5.41) is 0. The maximum absolute atomic E-state index is 12.6. The molecule has 3 rings (SSSR count). The van der Waals surface area contributed by atoms with Crippen molar-refractivity contribution in [3.8, 4) is 0 Å². The predicted octanol–water partition coefficient (Wildman–Crippen LogP) is 2.25. The van der Waals surface area contributed by atoms with Crippen LogP contribution in [0.3, 0.4) is 0 Å². The topological polar surface area (TPSA) is 63.2 Å². The molecule has 1 aliphatic rings. The molecule has 8 heteroatoms. The van der Waals surface area contributed by atoms with E-state index in [9.17, 15) is 8.42 Å². The van der Waals surface area contributed by atoms with Crippen LogP contribution in [0.2, 0.25) is 4.47 Å². The number of hydrogen-bond acceptors (Lipinski definition) is 5. The molecule has 0 fully saturated rings. The molecule has 2 aromatic rings. The highest BCUT2D eigenvalue weighted by atomic mass is 35.5. The van der Waals surface area contributed by atoms with E-state index >= 15 is 0 Å². The minimum atomic E-state index is -3.54. The molecular formula is C12H12ClN3O2S2. The summed E-state index contributed by atoms with van der Waals surface area (Å²) in [6, 6.07) is 3.74. The molecule has 1 aliphatic heterocycles. The van der Waals surface area contributed by atoms with Crippen molar-refractivity contribution in [2.45, 2.75) is 24.1 Å². The van der Waals surface area contributed by atoms with E-state index in [1.165, 1.54) is 4.31 Å². The minimum absolute atomic E-state index is 0.231. The molecule has 0 aliphatic carbocycles. The Bertz CT molecular complexity index is 758. The second-order valence-corrected chi connectivity index (χ2v) is 8.25. The molecule has 0 atom stereocenters. The zero-order valence-corrected chi connectivity index (χ0v) is 13.1. The highest BCUT2D eigenvalue weighted by Gasteiger charge is 2.31. The third-order valence-corrected chi connectivity index (χ3v) is 6.93. The molecule has 0 unspecified atom stereocenters. The number of pyridine rings is 1. The van der Waals surface area contributed by atoms with Gasteiger partial charge in [-0.2, -0.15) is 4.31 Å². The smallest absolute Gasteiger partial charge is 0.254 e. The molecule has 0 N–H and O–H groups in total. The monoisotopic (exact) mass is 329 g/mol. The van der Waals surface area contributed by atoms with Crippen molar-refractivity contribution in [3.63, 3.8) is 0 Å². The summed E-state index contributed by atoms with van der Waals surface area (Å²) in [6.07, 6.45) is 2.36. The van der Waals surface area contributed by atoms with Gasteiger partial charge in [-0.1, -0.05) is 29.0 Å². The average Bonchev–Trinajstić information content (AvgIpc) is 2.78. The van der Waals surface area contributed by atoms with E-state index in [1.54, 1.807) is 13.1 Å². The van der Waals surface area contributed by atoms with Crippen molar-refractivity contribution in [3.05, 3.63) is 39.7 Å². The summed E-state index contributed by atoms with van der Waals surface area (Å²) in [7, 11) is -3.54. The maximum Gasteiger partial charge on any atom is 0.254 e.